The van der Waals surface area contributed by atoms with Crippen molar-refractivity contribution < 1.29 is 0 Å². The van der Waals surface area contributed by atoms with Crippen molar-refractivity contribution in [3.05, 3.63) is 140 Å². The third kappa shape index (κ3) is 3.67. The van der Waals surface area contributed by atoms with Gasteiger partial charge in [0, 0.05) is 21.7 Å². The van der Waals surface area contributed by atoms with Crippen LogP contribution >= 0.6 is 7.53 Å². The summed E-state index contributed by atoms with van der Waals surface area (Å²) in [7, 11) is -0.718. The number of benzene rings is 4. The van der Waals surface area contributed by atoms with Crippen LogP contribution in [0.5, 0.6) is 0 Å². The zero-order valence-electron chi connectivity index (χ0n) is 18.9. The van der Waals surface area contributed by atoms with Gasteiger partial charge in [-0.15, -0.1) is 0 Å². The van der Waals surface area contributed by atoms with E-state index in [1.807, 2.05) is 0 Å². The zero-order chi connectivity index (χ0) is 22.7. The lowest BCUT2D eigenvalue weighted by atomic mass is 9.91. The summed E-state index contributed by atoms with van der Waals surface area (Å²) in [4.78, 5) is 0. The van der Waals surface area contributed by atoms with E-state index < -0.39 is 7.53 Å². The van der Waals surface area contributed by atoms with Gasteiger partial charge in [-0.05, 0) is 34.0 Å². The van der Waals surface area contributed by atoms with Crippen LogP contribution in [0.25, 0.3) is 49.3 Å². The minimum absolute atomic E-state index is 0.718. The molecule has 0 atom stereocenters. The molecule has 0 aliphatic heterocycles. The first-order chi connectivity index (χ1) is 16.9. The summed E-state index contributed by atoms with van der Waals surface area (Å²) in [6, 6.07) is 43.9. The quantitative estimate of drug-likeness (QED) is 0.249. The Morgan fingerprint density at radius 3 is 1.18 bits per heavy atom. The van der Waals surface area contributed by atoms with Crippen molar-refractivity contribution in [3.63, 3.8) is 0 Å². The second-order valence-corrected chi connectivity index (χ2v) is 10.6. The molecule has 0 saturated carbocycles. The molecule has 0 N–H and O–H groups in total. The van der Waals surface area contributed by atoms with Gasteiger partial charge in [0.15, 0.2) is 0 Å². The highest BCUT2D eigenvalue weighted by atomic mass is 31.1. The number of hydrogen-bond acceptors (Lipinski definition) is 0. The van der Waals surface area contributed by atoms with E-state index in [4.69, 9.17) is 0 Å². The lowest BCUT2D eigenvalue weighted by Gasteiger charge is -2.12. The fraction of sp³-hybridized carbons (Fsp3) is 0.0303. The Bertz CT molecular complexity index is 1370. The Morgan fingerprint density at radius 2 is 0.824 bits per heavy atom. The van der Waals surface area contributed by atoms with Crippen molar-refractivity contribution in [2.45, 2.75) is 6.42 Å². The predicted molar refractivity (Wildman–Crippen MR) is 149 cm³/mol. The molecule has 162 valence electrons. The fourth-order valence-electron chi connectivity index (χ4n) is 4.95. The van der Waals surface area contributed by atoms with Gasteiger partial charge in [-0.25, -0.2) is 0 Å². The van der Waals surface area contributed by atoms with E-state index in [1.165, 1.54) is 49.3 Å². The predicted octanol–water partition coefficient (Wildman–Crippen LogP) is 10.1. The summed E-state index contributed by atoms with van der Waals surface area (Å²) in [6.07, 6.45) is 8.09. The molecule has 1 heterocycles. The average Bonchev–Trinajstić information content (AvgIpc) is 3.57. The second kappa shape index (κ2) is 9.18. The van der Waals surface area contributed by atoms with Gasteiger partial charge >= 0.3 is 0 Å². The van der Waals surface area contributed by atoms with Crippen molar-refractivity contribution >= 4 is 12.8 Å². The van der Waals surface area contributed by atoms with Gasteiger partial charge in [0.2, 0.25) is 0 Å². The minimum atomic E-state index is -0.718. The first kappa shape index (κ1) is 20.7. The first-order valence-corrected chi connectivity index (χ1v) is 13.1. The van der Waals surface area contributed by atoms with Crippen LogP contribution in [0, 0.1) is 0 Å². The van der Waals surface area contributed by atoms with Crippen LogP contribution in [0.15, 0.2) is 140 Å². The molecule has 0 unspecified atom stereocenters. The molecule has 0 radical (unpaired) electrons. The maximum Gasteiger partial charge on any atom is 0.0147 e. The zero-order valence-corrected chi connectivity index (χ0v) is 19.8. The molecule has 0 nitrogen and oxygen atoms in total. The summed E-state index contributed by atoms with van der Waals surface area (Å²) < 4.78 is 0. The van der Waals surface area contributed by atoms with Crippen molar-refractivity contribution in [1.29, 1.82) is 0 Å². The van der Waals surface area contributed by atoms with Gasteiger partial charge in [-0.2, -0.15) is 0 Å². The summed E-state index contributed by atoms with van der Waals surface area (Å²) in [5.74, 6) is 0. The molecule has 0 bridgehead atoms. The Balaban J connectivity index is 1.84. The lowest BCUT2D eigenvalue weighted by Crippen LogP contribution is -1.85. The maximum absolute atomic E-state index is 2.42. The van der Waals surface area contributed by atoms with Crippen molar-refractivity contribution in [2.24, 2.45) is 0 Å². The maximum atomic E-state index is 2.42. The third-order valence-electron chi connectivity index (χ3n) is 6.40. The molecule has 1 aliphatic rings. The van der Waals surface area contributed by atoms with Crippen molar-refractivity contribution in [3.8, 4) is 44.0 Å². The van der Waals surface area contributed by atoms with Gasteiger partial charge in [0.1, 0.15) is 0 Å². The highest BCUT2D eigenvalue weighted by Crippen LogP contribution is 2.66. The minimum Gasteiger partial charge on any atom is -0.0798 e. The van der Waals surface area contributed by atoms with Crippen LogP contribution in [-0.4, -0.2) is 0 Å². The normalized spacial score (nSPS) is 12.6. The summed E-state index contributed by atoms with van der Waals surface area (Å²) >= 11 is 0. The van der Waals surface area contributed by atoms with Gasteiger partial charge in [-0.1, -0.05) is 147 Å². The molecule has 6 rings (SSSR count). The smallest absolute Gasteiger partial charge is 0.0147 e. The number of hydrogen-bond donors (Lipinski definition) is 0. The van der Waals surface area contributed by atoms with Crippen molar-refractivity contribution in [2.75, 3.05) is 0 Å². The molecule has 0 spiro atoms. The van der Waals surface area contributed by atoms with Gasteiger partial charge in [-0.3, -0.25) is 0 Å². The van der Waals surface area contributed by atoms with Crippen LogP contribution in [-0.2, 0) is 0 Å². The summed E-state index contributed by atoms with van der Waals surface area (Å²) in [5.41, 5.74) is 7.91. The standard InChI is InChI=1S/C33H25P/c1-5-15-25(16-6-1)30-31(26-17-7-2-8-18-26)33(28-21-11-4-12-22-28)34(29-23-13-14-24-29)32(30)27-19-9-3-10-20-27/h1-13,15-24H,14H2. The fourth-order valence-corrected chi connectivity index (χ4v) is 7.98. The molecule has 0 amide bonds. The lowest BCUT2D eigenvalue weighted by molar-refractivity contribution is 1.45. The number of rotatable bonds is 5. The highest BCUT2D eigenvalue weighted by molar-refractivity contribution is 7.67. The molecule has 5 aromatic rings. The monoisotopic (exact) mass is 452 g/mol. The highest BCUT2D eigenvalue weighted by Gasteiger charge is 2.28. The van der Waals surface area contributed by atoms with E-state index in [1.54, 1.807) is 0 Å². The molecule has 4 aromatic carbocycles. The van der Waals surface area contributed by atoms with E-state index in [0.717, 1.165) is 6.42 Å². The molecule has 0 saturated heterocycles. The molecular formula is C33H25P. The Morgan fingerprint density at radius 1 is 0.441 bits per heavy atom. The molecule has 1 aromatic heterocycles. The van der Waals surface area contributed by atoms with Crippen LogP contribution in [0.4, 0.5) is 0 Å². The number of allylic oxidation sites excluding steroid dienone is 4. The largest absolute Gasteiger partial charge is 0.0798 e. The van der Waals surface area contributed by atoms with Gasteiger partial charge in [0.05, 0.1) is 0 Å². The van der Waals surface area contributed by atoms with Crippen LogP contribution in [0.1, 0.15) is 6.42 Å². The van der Waals surface area contributed by atoms with E-state index in [9.17, 15) is 0 Å². The molecular weight excluding hydrogens is 427 g/mol. The van der Waals surface area contributed by atoms with Crippen LogP contribution in [0.3, 0.4) is 0 Å². The van der Waals surface area contributed by atoms with Crippen LogP contribution < -0.4 is 0 Å². The van der Waals surface area contributed by atoms with E-state index in [2.05, 4.69) is 140 Å². The third-order valence-corrected chi connectivity index (χ3v) is 9.11. The second-order valence-electron chi connectivity index (χ2n) is 8.51. The van der Waals surface area contributed by atoms with E-state index >= 15 is 0 Å². The van der Waals surface area contributed by atoms with Gasteiger partial charge < -0.3 is 0 Å². The van der Waals surface area contributed by atoms with Crippen molar-refractivity contribution in [1.82, 2.24) is 0 Å². The Hall–Kier alpha value is -3.86. The molecule has 34 heavy (non-hydrogen) atoms. The molecule has 1 heteroatoms. The first-order valence-electron chi connectivity index (χ1n) is 11.8. The Labute approximate surface area is 202 Å². The van der Waals surface area contributed by atoms with E-state index in [0.29, 0.717) is 0 Å². The van der Waals surface area contributed by atoms with Gasteiger partial charge in [0.25, 0.3) is 0 Å². The Kier molecular flexibility index (Phi) is 5.60. The topological polar surface area (TPSA) is 0 Å². The molecule has 0 fully saturated rings. The summed E-state index contributed by atoms with van der Waals surface area (Å²) in [6.45, 7) is 0. The average molecular weight is 453 g/mol. The SMILES string of the molecule is C1=CC(p2c(-c3ccccc3)c(-c3ccccc3)c(-c3ccccc3)c2-c2ccccc2)=CC1. The van der Waals surface area contributed by atoms with Crippen LogP contribution in [0.2, 0.25) is 0 Å². The summed E-state index contributed by atoms with van der Waals surface area (Å²) in [5, 5.41) is 4.36. The molecule has 1 aliphatic carbocycles. The van der Waals surface area contributed by atoms with E-state index in [-0.39, 0.29) is 0 Å².